The summed E-state index contributed by atoms with van der Waals surface area (Å²) in [6.07, 6.45) is 16.4. The molecule has 1 aliphatic heterocycles. The van der Waals surface area contributed by atoms with Crippen LogP contribution >= 0.6 is 0 Å². The van der Waals surface area contributed by atoms with Gasteiger partial charge in [-0.15, -0.1) is 0 Å². The van der Waals surface area contributed by atoms with Gasteiger partial charge in [-0.25, -0.2) is 0 Å². The fourth-order valence-electron chi connectivity index (χ4n) is 9.74. The molecule has 0 aromatic rings. The molecule has 9 atom stereocenters. The van der Waals surface area contributed by atoms with E-state index >= 15 is 0 Å². The molecule has 154 valence electrons. The van der Waals surface area contributed by atoms with E-state index in [2.05, 4.69) is 34.6 Å². The average Bonchev–Trinajstić information content (AvgIpc) is 3.25. The quantitative estimate of drug-likeness (QED) is 0.476. The molecule has 5 fully saturated rings. The highest BCUT2D eigenvalue weighted by molar-refractivity contribution is 5.15. The zero-order chi connectivity index (χ0) is 19.1. The Hall–Kier alpha value is -0.0400. The fourth-order valence-corrected chi connectivity index (χ4v) is 9.74. The maximum absolute atomic E-state index is 5.99. The summed E-state index contributed by atoms with van der Waals surface area (Å²) in [4.78, 5) is 0. The minimum Gasteiger partial charge on any atom is -0.370 e. The maximum Gasteiger partial charge on any atom is 0.0921 e. The Bertz CT molecular complexity index is 593. The lowest BCUT2D eigenvalue weighted by molar-refractivity contribution is -0.163. The summed E-state index contributed by atoms with van der Waals surface area (Å²) in [5, 5.41) is 0. The molecular weight excluding hydrogens is 328 g/mol. The Morgan fingerprint density at radius 1 is 0.852 bits per heavy atom. The van der Waals surface area contributed by atoms with Crippen LogP contribution in [0.1, 0.15) is 105 Å². The molecule has 3 unspecified atom stereocenters. The van der Waals surface area contributed by atoms with Gasteiger partial charge in [0, 0.05) is 0 Å². The summed E-state index contributed by atoms with van der Waals surface area (Å²) < 4.78 is 5.99. The van der Waals surface area contributed by atoms with E-state index in [4.69, 9.17) is 4.74 Å². The lowest BCUT2D eigenvalue weighted by Crippen LogP contribution is -2.58. The highest BCUT2D eigenvalue weighted by Crippen LogP contribution is 2.72. The minimum absolute atomic E-state index is 0.238. The SMILES string of the molecule is CCC[C@H]1CC[C@]2(C)C3CC[C@@]4(C)C(CC[C@@H]4C4(C)CO4)[C@@H]3CC[C@]2(C)C1. The van der Waals surface area contributed by atoms with E-state index in [-0.39, 0.29) is 5.60 Å². The molecule has 0 radical (unpaired) electrons. The van der Waals surface area contributed by atoms with Crippen molar-refractivity contribution in [2.75, 3.05) is 6.61 Å². The molecule has 4 saturated carbocycles. The number of hydrogen-bond donors (Lipinski definition) is 0. The van der Waals surface area contributed by atoms with Crippen molar-refractivity contribution in [1.82, 2.24) is 0 Å². The van der Waals surface area contributed by atoms with Gasteiger partial charge < -0.3 is 4.74 Å². The summed E-state index contributed by atoms with van der Waals surface area (Å²) in [7, 11) is 0. The average molecular weight is 373 g/mol. The Balaban J connectivity index is 1.40. The van der Waals surface area contributed by atoms with Crippen molar-refractivity contribution in [3.05, 3.63) is 0 Å². The number of rotatable bonds is 3. The Kier molecular flexibility index (Phi) is 4.21. The molecule has 1 saturated heterocycles. The van der Waals surface area contributed by atoms with Gasteiger partial charge in [0.15, 0.2) is 0 Å². The second-order valence-electron chi connectivity index (χ2n) is 12.6. The number of hydrogen-bond acceptors (Lipinski definition) is 1. The molecule has 0 N–H and O–H groups in total. The molecule has 4 aliphatic carbocycles. The van der Waals surface area contributed by atoms with Gasteiger partial charge in [0.05, 0.1) is 12.2 Å². The normalized spacial score (nSPS) is 59.7. The number of fused-ring (bicyclic) bond motifs is 5. The van der Waals surface area contributed by atoms with Crippen LogP contribution in [0.25, 0.3) is 0 Å². The molecule has 5 aliphatic rings. The first-order chi connectivity index (χ1) is 12.8. The molecule has 1 nitrogen and oxygen atoms in total. The highest BCUT2D eigenvalue weighted by Gasteiger charge is 2.66. The van der Waals surface area contributed by atoms with Gasteiger partial charge >= 0.3 is 0 Å². The minimum atomic E-state index is 0.238. The van der Waals surface area contributed by atoms with E-state index in [1.807, 2.05) is 0 Å². The van der Waals surface area contributed by atoms with Gasteiger partial charge in [0.1, 0.15) is 0 Å². The molecule has 0 spiro atoms. The number of epoxide rings is 1. The van der Waals surface area contributed by atoms with E-state index in [9.17, 15) is 0 Å². The third-order valence-corrected chi connectivity index (χ3v) is 11.5. The van der Waals surface area contributed by atoms with Gasteiger partial charge in [-0.05, 0) is 111 Å². The van der Waals surface area contributed by atoms with Crippen LogP contribution in [-0.2, 0) is 4.74 Å². The van der Waals surface area contributed by atoms with Crippen molar-refractivity contribution in [3.8, 4) is 0 Å². The van der Waals surface area contributed by atoms with E-state index in [1.54, 1.807) is 0 Å². The summed E-state index contributed by atoms with van der Waals surface area (Å²) in [6, 6.07) is 0. The van der Waals surface area contributed by atoms with Crippen LogP contribution < -0.4 is 0 Å². The molecule has 0 bridgehead atoms. The molecule has 5 rings (SSSR count). The van der Waals surface area contributed by atoms with Crippen LogP contribution in [0.2, 0.25) is 0 Å². The second-order valence-corrected chi connectivity index (χ2v) is 12.6. The van der Waals surface area contributed by atoms with Gasteiger partial charge in [0.2, 0.25) is 0 Å². The van der Waals surface area contributed by atoms with E-state index in [0.717, 1.165) is 36.2 Å². The van der Waals surface area contributed by atoms with Crippen molar-refractivity contribution in [3.63, 3.8) is 0 Å². The lowest BCUT2D eigenvalue weighted by Gasteiger charge is -2.65. The maximum atomic E-state index is 5.99. The molecule has 1 heteroatoms. The van der Waals surface area contributed by atoms with Crippen LogP contribution in [0.15, 0.2) is 0 Å². The van der Waals surface area contributed by atoms with Gasteiger partial charge in [0.25, 0.3) is 0 Å². The Labute approximate surface area is 168 Å². The largest absolute Gasteiger partial charge is 0.370 e. The summed E-state index contributed by atoms with van der Waals surface area (Å²) in [5.41, 5.74) is 2.03. The van der Waals surface area contributed by atoms with Crippen molar-refractivity contribution < 1.29 is 4.74 Å². The number of ether oxygens (including phenoxy) is 1. The van der Waals surface area contributed by atoms with Crippen LogP contribution in [0, 0.1) is 45.8 Å². The summed E-state index contributed by atoms with van der Waals surface area (Å²) >= 11 is 0. The van der Waals surface area contributed by atoms with Crippen molar-refractivity contribution in [2.45, 2.75) is 111 Å². The van der Waals surface area contributed by atoms with Crippen LogP contribution in [0.4, 0.5) is 0 Å². The first kappa shape index (κ1) is 19.0. The monoisotopic (exact) mass is 372 g/mol. The first-order valence-electron chi connectivity index (χ1n) is 12.4. The molecule has 0 aromatic carbocycles. The smallest absolute Gasteiger partial charge is 0.0921 e. The second kappa shape index (κ2) is 5.99. The van der Waals surface area contributed by atoms with Crippen molar-refractivity contribution >= 4 is 0 Å². The first-order valence-corrected chi connectivity index (χ1v) is 12.4. The molecule has 0 aromatic heterocycles. The van der Waals surface area contributed by atoms with Crippen molar-refractivity contribution in [1.29, 1.82) is 0 Å². The third kappa shape index (κ3) is 2.52. The van der Waals surface area contributed by atoms with Gasteiger partial charge in [-0.1, -0.05) is 40.5 Å². The van der Waals surface area contributed by atoms with E-state index in [1.165, 1.54) is 70.6 Å². The van der Waals surface area contributed by atoms with Gasteiger partial charge in [-0.2, -0.15) is 0 Å². The van der Waals surface area contributed by atoms with Gasteiger partial charge in [-0.3, -0.25) is 0 Å². The standard InChI is InChI=1S/C26H44O/c1-6-7-18-10-15-25(4)21-12-14-24(3)20(8-9-22(24)26(5)17-27-26)19(21)11-13-23(25,2)16-18/h18-22H,6-17H2,1-5H3/t18-,19-,20?,21?,22-,23+,24-,25+,26?/m0/s1. The van der Waals surface area contributed by atoms with Crippen LogP contribution in [-0.4, -0.2) is 12.2 Å². The predicted octanol–water partition coefficient (Wildman–Crippen LogP) is 7.24. The van der Waals surface area contributed by atoms with E-state index < -0.39 is 0 Å². The fraction of sp³-hybridized carbons (Fsp3) is 1.00. The molecule has 0 amide bonds. The molecule has 27 heavy (non-hydrogen) atoms. The Morgan fingerprint density at radius 2 is 1.63 bits per heavy atom. The Morgan fingerprint density at radius 3 is 2.33 bits per heavy atom. The predicted molar refractivity (Wildman–Crippen MR) is 113 cm³/mol. The molecule has 1 heterocycles. The zero-order valence-corrected chi connectivity index (χ0v) is 18.8. The lowest BCUT2D eigenvalue weighted by atomic mass is 9.39. The zero-order valence-electron chi connectivity index (χ0n) is 18.8. The summed E-state index contributed by atoms with van der Waals surface area (Å²) in [5.74, 6) is 4.84. The van der Waals surface area contributed by atoms with Crippen LogP contribution in [0.5, 0.6) is 0 Å². The van der Waals surface area contributed by atoms with E-state index in [0.29, 0.717) is 16.2 Å². The highest BCUT2D eigenvalue weighted by atomic mass is 16.6. The summed E-state index contributed by atoms with van der Waals surface area (Å²) in [6.45, 7) is 13.9. The van der Waals surface area contributed by atoms with Crippen LogP contribution in [0.3, 0.4) is 0 Å². The van der Waals surface area contributed by atoms with Crippen molar-refractivity contribution in [2.24, 2.45) is 45.8 Å². The third-order valence-electron chi connectivity index (χ3n) is 11.5. The topological polar surface area (TPSA) is 12.5 Å². The molecular formula is C26H44O.